The van der Waals surface area contributed by atoms with Gasteiger partial charge in [0.1, 0.15) is 35.8 Å². The summed E-state index contributed by atoms with van der Waals surface area (Å²) in [5.74, 6) is -2.84. The number of aromatic nitrogens is 6. The van der Waals surface area contributed by atoms with Crippen molar-refractivity contribution in [3.8, 4) is 27.4 Å². The fourth-order valence-corrected chi connectivity index (χ4v) is 12.3. The number of amides is 3. The zero-order chi connectivity index (χ0) is 57.9. The minimum atomic E-state index is -3.07. The minimum absolute atomic E-state index is 0.0271. The fraction of sp³-hybridized carbons (Fsp3) is 0.509. The van der Waals surface area contributed by atoms with Crippen LogP contribution in [-0.4, -0.2) is 156 Å². The molecule has 19 nitrogen and oxygen atoms in total. The number of aliphatic hydroxyl groups is 2. The Hall–Kier alpha value is -6.86. The number of nitrogens with one attached hydrogen (secondary N) is 3. The van der Waals surface area contributed by atoms with E-state index < -0.39 is 65.1 Å². The number of benzene rings is 2. The molecular formula is C57H71F4N13O6S. The number of ether oxygens (including phenoxy) is 1. The molecule has 24 heteroatoms. The average Bonchev–Trinajstić information content (AvgIpc) is 4.27. The van der Waals surface area contributed by atoms with Crippen LogP contribution in [0.5, 0.6) is 5.75 Å². The number of imidazole rings is 1. The highest BCUT2D eigenvalue weighted by molar-refractivity contribution is 7.13. The summed E-state index contributed by atoms with van der Waals surface area (Å²) in [4.78, 5) is 70.0. The highest BCUT2D eigenvalue weighted by atomic mass is 32.1. The number of halogens is 4. The van der Waals surface area contributed by atoms with Crippen molar-refractivity contribution in [2.75, 3.05) is 57.0 Å². The van der Waals surface area contributed by atoms with E-state index >= 15 is 4.39 Å². The number of fused-ring (bicyclic) bond motifs is 1. The van der Waals surface area contributed by atoms with E-state index in [9.17, 15) is 37.8 Å². The number of pyridine rings is 1. The van der Waals surface area contributed by atoms with E-state index in [2.05, 4.69) is 45.8 Å². The van der Waals surface area contributed by atoms with Gasteiger partial charge in [0, 0.05) is 50.1 Å². The van der Waals surface area contributed by atoms with E-state index in [0.717, 1.165) is 33.8 Å². The molecule has 6 atom stereocenters. The highest BCUT2D eigenvalue weighted by Crippen LogP contribution is 2.37. The van der Waals surface area contributed by atoms with Gasteiger partial charge in [-0.25, -0.2) is 37.5 Å². The molecule has 3 aliphatic heterocycles. The Balaban J connectivity index is 0.813. The molecule has 7 N–H and O–H groups in total. The van der Waals surface area contributed by atoms with Crippen LogP contribution in [0.25, 0.3) is 32.9 Å². The summed E-state index contributed by atoms with van der Waals surface area (Å²) in [5, 5.41) is 31.7. The van der Waals surface area contributed by atoms with Gasteiger partial charge in [-0.3, -0.25) is 19.4 Å². The first kappa shape index (κ1) is 58.8. The normalized spacial score (nSPS) is 20.4. The summed E-state index contributed by atoms with van der Waals surface area (Å²) in [6.45, 7) is 11.5. The zero-order valence-corrected chi connectivity index (χ0v) is 47.2. The molecule has 9 rings (SSSR count). The number of nitrogens with two attached hydrogens (primary N) is 1. The number of hydrogen-bond acceptors (Lipinski definition) is 16. The number of methoxy groups -OCH3 is 1. The number of anilines is 2. The van der Waals surface area contributed by atoms with E-state index in [4.69, 9.17) is 10.5 Å². The van der Waals surface area contributed by atoms with Gasteiger partial charge in [-0.05, 0) is 99.8 Å². The number of β-amino-alcohol motifs (C(OH)–C–C–N with tert-alkyl or cyclic N) is 1. The second-order valence-corrected chi connectivity index (χ2v) is 23.5. The third kappa shape index (κ3) is 13.1. The largest absolute Gasteiger partial charge is 0.494 e. The number of aryl methyl sites for hydroxylation is 1. The summed E-state index contributed by atoms with van der Waals surface area (Å²) >= 11 is 1.56. The van der Waals surface area contributed by atoms with Crippen LogP contribution in [0.4, 0.5) is 29.1 Å². The van der Waals surface area contributed by atoms with Crippen LogP contribution < -0.4 is 31.3 Å². The number of hydrogen-bond donors (Lipinski definition) is 6. The number of aliphatic hydroxyl groups excluding tert-OH is 2. The Morgan fingerprint density at radius 2 is 1.74 bits per heavy atom. The van der Waals surface area contributed by atoms with Gasteiger partial charge in [0.05, 0.1) is 71.3 Å². The van der Waals surface area contributed by atoms with Gasteiger partial charge < -0.3 is 55.9 Å². The number of carbonyl (C=O) groups excluding carboxylic acids is 3. The predicted octanol–water partition coefficient (Wildman–Crippen LogP) is 6.41. The first-order valence-corrected chi connectivity index (χ1v) is 28.2. The zero-order valence-electron chi connectivity index (χ0n) is 46.3. The molecule has 3 saturated heterocycles. The first-order valence-electron chi connectivity index (χ1n) is 27.4. The summed E-state index contributed by atoms with van der Waals surface area (Å²) in [6, 6.07) is 8.87. The number of likely N-dealkylation sites (tertiary alicyclic amines) is 2. The molecule has 81 heavy (non-hydrogen) atoms. The lowest BCUT2D eigenvalue weighted by Gasteiger charge is -2.49. The lowest BCUT2D eigenvalue weighted by molar-refractivity contribution is -0.144. The van der Waals surface area contributed by atoms with E-state index in [1.807, 2.05) is 63.8 Å². The SMILES string of the molecule is COc1cc(F)c(-c2cc(Cn3cnc4c(N)ncnc43)c(N3CCCC(NC4CCN(CCCC(=O)N[C@H](C(=O)N5C[C@H](O)C[C@H]5C(=O)N[C@@H](C)c5ccc(-c6scnc6C)cc5)C(C)(C)C)CC4)([C@@H](O)C(F)F)C3)cn2)cc1F. The molecule has 4 aromatic heterocycles. The lowest BCUT2D eigenvalue weighted by atomic mass is 9.81. The maximum Gasteiger partial charge on any atom is 0.265 e. The van der Waals surface area contributed by atoms with Crippen LogP contribution in [0.2, 0.25) is 0 Å². The Morgan fingerprint density at radius 1 is 0.988 bits per heavy atom. The van der Waals surface area contributed by atoms with Crippen molar-refractivity contribution in [1.82, 2.24) is 55.2 Å². The van der Waals surface area contributed by atoms with E-state index in [1.165, 1.54) is 30.9 Å². The van der Waals surface area contributed by atoms with E-state index in [1.54, 1.807) is 27.5 Å². The first-order chi connectivity index (χ1) is 38.6. The molecule has 0 saturated carbocycles. The van der Waals surface area contributed by atoms with Gasteiger partial charge in [0.15, 0.2) is 23.0 Å². The third-order valence-electron chi connectivity index (χ3n) is 15.9. The van der Waals surface area contributed by atoms with Crippen LogP contribution in [-0.2, 0) is 20.9 Å². The quantitative estimate of drug-likeness (QED) is 0.0481. The van der Waals surface area contributed by atoms with Crippen LogP contribution in [0, 0.1) is 24.0 Å². The topological polar surface area (TPSA) is 242 Å². The average molecular weight is 1140 g/mol. The molecular weight excluding hydrogens is 1070 g/mol. The maximum atomic E-state index is 15.5. The van der Waals surface area contributed by atoms with Crippen LogP contribution in [0.3, 0.4) is 0 Å². The van der Waals surface area contributed by atoms with Crippen LogP contribution in [0.15, 0.2) is 66.8 Å². The molecule has 0 spiro atoms. The molecule has 3 amide bonds. The Kier molecular flexibility index (Phi) is 17.9. The van der Waals surface area contributed by atoms with Crippen molar-refractivity contribution < 1.29 is 46.9 Å². The predicted molar refractivity (Wildman–Crippen MR) is 299 cm³/mol. The molecule has 2 aromatic carbocycles. The molecule has 0 radical (unpaired) electrons. The van der Waals surface area contributed by atoms with Gasteiger partial charge in [-0.15, -0.1) is 11.3 Å². The molecule has 7 heterocycles. The standard InChI is InChI=1S/C57H71F4N13O6S/c1-32(34-10-12-35(13-11-34)48-33(2)67-31-81-48)68-54(78)43-22-38(75)27-74(43)55(79)49(56(3,4)5)69-46(76)9-7-17-71-19-14-37(15-20-71)70-57(50(77)51(60)61)16-8-18-72(28-57)44-25-63-42(39-23-41(59)45(80-6)24-40(39)58)21-36(44)26-73-30-66-47-52(62)64-29-65-53(47)73/h10-13,21,23-25,29-32,37-38,43,49-51,70,75,77H,7-9,14-20,22,26-28H2,1-6H3,(H,68,78)(H,69,76)(H2,62,64,65)/t32-,38+,43-,49+,50-,57?/m0/s1. The number of rotatable bonds is 19. The molecule has 1 unspecified atom stereocenters. The van der Waals surface area contributed by atoms with Crippen molar-refractivity contribution in [2.24, 2.45) is 5.41 Å². The molecule has 0 aliphatic carbocycles. The number of carbonyl (C=O) groups is 3. The molecule has 0 bridgehead atoms. The van der Waals surface area contributed by atoms with Gasteiger partial charge in [-0.1, -0.05) is 45.0 Å². The van der Waals surface area contributed by atoms with Gasteiger partial charge >= 0.3 is 0 Å². The summed E-state index contributed by atoms with van der Waals surface area (Å²) in [6.07, 6.45) is 0.768. The molecule has 3 aliphatic rings. The minimum Gasteiger partial charge on any atom is -0.494 e. The van der Waals surface area contributed by atoms with E-state index in [0.29, 0.717) is 74.3 Å². The Labute approximate surface area is 471 Å². The van der Waals surface area contributed by atoms with Crippen molar-refractivity contribution in [1.29, 1.82) is 0 Å². The molecule has 6 aromatic rings. The second-order valence-electron chi connectivity index (χ2n) is 22.7. The number of thiazole rings is 1. The van der Waals surface area contributed by atoms with Crippen LogP contribution in [0.1, 0.15) is 95.5 Å². The second kappa shape index (κ2) is 24.7. The van der Waals surface area contributed by atoms with Crippen molar-refractivity contribution in [3.63, 3.8) is 0 Å². The number of piperidine rings is 2. The Morgan fingerprint density at radius 3 is 2.43 bits per heavy atom. The number of alkyl halides is 2. The molecule has 434 valence electrons. The summed E-state index contributed by atoms with van der Waals surface area (Å²) in [5.41, 5.74) is 10.4. The van der Waals surface area contributed by atoms with Gasteiger partial charge in [0.25, 0.3) is 6.43 Å². The fourth-order valence-electron chi connectivity index (χ4n) is 11.5. The smallest absolute Gasteiger partial charge is 0.265 e. The highest BCUT2D eigenvalue weighted by Gasteiger charge is 2.48. The van der Waals surface area contributed by atoms with Crippen molar-refractivity contribution in [2.45, 2.75) is 134 Å². The lowest BCUT2D eigenvalue weighted by Crippen LogP contribution is -2.68. The van der Waals surface area contributed by atoms with E-state index in [-0.39, 0.29) is 79.7 Å². The summed E-state index contributed by atoms with van der Waals surface area (Å²) < 4.78 is 66.9. The number of nitrogen functional groups attached to an aromatic ring is 1. The van der Waals surface area contributed by atoms with Crippen molar-refractivity contribution >= 4 is 51.7 Å². The monoisotopic (exact) mass is 1140 g/mol. The van der Waals surface area contributed by atoms with Gasteiger partial charge in [0.2, 0.25) is 17.7 Å². The molecule has 3 fully saturated rings. The number of nitrogens with zero attached hydrogens (tertiary/aromatic N) is 9. The third-order valence-corrected chi connectivity index (χ3v) is 16.9. The van der Waals surface area contributed by atoms with Gasteiger partial charge in [-0.2, -0.15) is 0 Å². The van der Waals surface area contributed by atoms with Crippen LogP contribution >= 0.6 is 11.3 Å². The summed E-state index contributed by atoms with van der Waals surface area (Å²) in [7, 11) is 1.23. The maximum absolute atomic E-state index is 15.5. The van der Waals surface area contributed by atoms with Crippen molar-refractivity contribution in [3.05, 3.63) is 95.3 Å². The Bertz CT molecular complexity index is 3210.